The molecule has 126 valence electrons. The summed E-state index contributed by atoms with van der Waals surface area (Å²) in [4.78, 5) is 40.6. The monoisotopic (exact) mass is 323 g/mol. The van der Waals surface area contributed by atoms with Gasteiger partial charge in [0.1, 0.15) is 5.69 Å². The third-order valence-electron chi connectivity index (χ3n) is 4.49. The van der Waals surface area contributed by atoms with Gasteiger partial charge in [-0.05, 0) is 38.8 Å². The first-order valence-corrected chi connectivity index (χ1v) is 7.99. The molecule has 0 amide bonds. The predicted octanol–water partition coefficient (Wildman–Crippen LogP) is 0.00960. The normalized spacial score (nSPS) is 21.8. The minimum absolute atomic E-state index is 0.150. The molecule has 0 saturated carbocycles. The number of hydrogen-bond acceptors (Lipinski definition) is 5. The SMILES string of the molecule is O=C(O)c1[nH]c(=O)n(C[C@@H]2CCCO2)c(=O)c1CN1CCCC1. The summed E-state index contributed by atoms with van der Waals surface area (Å²) in [5, 5.41) is 9.30. The van der Waals surface area contributed by atoms with E-state index in [1.165, 1.54) is 0 Å². The Labute approximate surface area is 132 Å². The van der Waals surface area contributed by atoms with Gasteiger partial charge < -0.3 is 14.8 Å². The van der Waals surface area contributed by atoms with Gasteiger partial charge in [-0.2, -0.15) is 0 Å². The number of aromatic carboxylic acids is 1. The predicted molar refractivity (Wildman–Crippen MR) is 81.8 cm³/mol. The number of carboxylic acid groups (broad SMARTS) is 1. The molecule has 0 unspecified atom stereocenters. The van der Waals surface area contributed by atoms with E-state index in [1.807, 2.05) is 4.90 Å². The Balaban J connectivity index is 1.97. The lowest BCUT2D eigenvalue weighted by Crippen LogP contribution is -2.43. The summed E-state index contributed by atoms with van der Waals surface area (Å²) in [6.07, 6.45) is 3.62. The standard InChI is InChI=1S/C15H21N3O5/c19-13-11(9-17-5-1-2-6-17)12(14(20)21)16-15(22)18(13)8-10-4-3-7-23-10/h10H,1-9H2,(H,16,22)(H,20,21)/t10-/m0/s1. The first-order chi connectivity index (χ1) is 11.1. The number of H-pyrrole nitrogens is 1. The lowest BCUT2D eigenvalue weighted by atomic mass is 10.2. The van der Waals surface area contributed by atoms with Gasteiger partial charge in [-0.25, -0.2) is 9.59 Å². The van der Waals surface area contributed by atoms with E-state index >= 15 is 0 Å². The highest BCUT2D eigenvalue weighted by Crippen LogP contribution is 2.14. The van der Waals surface area contributed by atoms with Crippen molar-refractivity contribution in [3.8, 4) is 0 Å². The number of aromatic nitrogens is 2. The number of aromatic amines is 1. The highest BCUT2D eigenvalue weighted by atomic mass is 16.5. The van der Waals surface area contributed by atoms with E-state index in [2.05, 4.69) is 4.98 Å². The van der Waals surface area contributed by atoms with E-state index in [1.54, 1.807) is 0 Å². The maximum atomic E-state index is 12.7. The van der Waals surface area contributed by atoms with Crippen LogP contribution in [0, 0.1) is 0 Å². The molecule has 8 heteroatoms. The number of nitrogens with zero attached hydrogens (tertiary/aromatic N) is 2. The van der Waals surface area contributed by atoms with Crippen molar-refractivity contribution in [3.63, 3.8) is 0 Å². The van der Waals surface area contributed by atoms with Gasteiger partial charge in [0.2, 0.25) is 0 Å². The van der Waals surface area contributed by atoms with Crippen LogP contribution in [0.3, 0.4) is 0 Å². The molecule has 0 aliphatic carbocycles. The van der Waals surface area contributed by atoms with E-state index in [0.717, 1.165) is 43.3 Å². The van der Waals surface area contributed by atoms with Crippen molar-refractivity contribution in [1.29, 1.82) is 0 Å². The average Bonchev–Trinajstić information content (AvgIpc) is 3.19. The van der Waals surface area contributed by atoms with Crippen LogP contribution in [-0.2, 0) is 17.8 Å². The van der Waals surface area contributed by atoms with Crippen LogP contribution in [-0.4, -0.2) is 51.3 Å². The zero-order valence-electron chi connectivity index (χ0n) is 12.9. The van der Waals surface area contributed by atoms with Crippen LogP contribution in [0.15, 0.2) is 9.59 Å². The van der Waals surface area contributed by atoms with Crippen LogP contribution in [0.25, 0.3) is 0 Å². The van der Waals surface area contributed by atoms with Crippen molar-refractivity contribution >= 4 is 5.97 Å². The molecule has 1 aromatic heterocycles. The van der Waals surface area contributed by atoms with E-state index in [-0.39, 0.29) is 30.5 Å². The van der Waals surface area contributed by atoms with Gasteiger partial charge in [0, 0.05) is 13.2 Å². The first kappa shape index (κ1) is 15.9. The summed E-state index contributed by atoms with van der Waals surface area (Å²) in [5.74, 6) is -1.28. The quantitative estimate of drug-likeness (QED) is 0.791. The molecular formula is C15H21N3O5. The van der Waals surface area contributed by atoms with Gasteiger partial charge in [-0.1, -0.05) is 0 Å². The second-order valence-electron chi connectivity index (χ2n) is 6.12. The highest BCUT2D eigenvalue weighted by molar-refractivity contribution is 5.86. The molecule has 0 aromatic carbocycles. The Morgan fingerprint density at radius 3 is 2.61 bits per heavy atom. The van der Waals surface area contributed by atoms with Crippen molar-refractivity contribution in [2.45, 2.75) is 44.9 Å². The molecule has 1 atom stereocenters. The van der Waals surface area contributed by atoms with Crippen LogP contribution < -0.4 is 11.2 Å². The Morgan fingerprint density at radius 2 is 2.00 bits per heavy atom. The molecule has 0 spiro atoms. The van der Waals surface area contributed by atoms with Crippen molar-refractivity contribution in [2.75, 3.05) is 19.7 Å². The zero-order chi connectivity index (χ0) is 16.4. The lowest BCUT2D eigenvalue weighted by Gasteiger charge is -2.17. The van der Waals surface area contributed by atoms with Crippen LogP contribution in [0.5, 0.6) is 0 Å². The summed E-state index contributed by atoms with van der Waals surface area (Å²) in [6.45, 7) is 2.72. The Kier molecular flexibility index (Phi) is 4.63. The maximum Gasteiger partial charge on any atom is 0.352 e. The maximum absolute atomic E-state index is 12.7. The van der Waals surface area contributed by atoms with Gasteiger partial charge in [0.15, 0.2) is 0 Å². The Bertz CT molecular complexity index is 696. The molecule has 2 fully saturated rings. The number of carbonyl (C=O) groups is 1. The summed E-state index contributed by atoms with van der Waals surface area (Å²) in [6, 6.07) is 0. The number of likely N-dealkylation sites (tertiary alicyclic amines) is 1. The largest absolute Gasteiger partial charge is 0.477 e. The number of carboxylic acids is 1. The van der Waals surface area contributed by atoms with E-state index in [9.17, 15) is 19.5 Å². The fraction of sp³-hybridized carbons (Fsp3) is 0.667. The smallest absolute Gasteiger partial charge is 0.352 e. The number of ether oxygens (including phenoxy) is 1. The number of hydrogen-bond donors (Lipinski definition) is 2. The van der Waals surface area contributed by atoms with E-state index in [0.29, 0.717) is 6.61 Å². The molecule has 3 heterocycles. The first-order valence-electron chi connectivity index (χ1n) is 7.99. The van der Waals surface area contributed by atoms with Crippen LogP contribution in [0.1, 0.15) is 41.7 Å². The van der Waals surface area contributed by atoms with E-state index in [4.69, 9.17) is 4.74 Å². The second kappa shape index (κ2) is 6.67. The second-order valence-corrected chi connectivity index (χ2v) is 6.12. The average molecular weight is 323 g/mol. The van der Waals surface area contributed by atoms with Gasteiger partial charge in [0.25, 0.3) is 5.56 Å². The molecule has 3 rings (SSSR count). The van der Waals surface area contributed by atoms with Gasteiger partial charge >= 0.3 is 11.7 Å². The summed E-state index contributed by atoms with van der Waals surface area (Å²) >= 11 is 0. The fourth-order valence-electron chi connectivity index (χ4n) is 3.26. The summed E-state index contributed by atoms with van der Waals surface area (Å²) in [7, 11) is 0. The lowest BCUT2D eigenvalue weighted by molar-refractivity contribution is 0.0685. The van der Waals surface area contributed by atoms with Crippen LogP contribution in [0.4, 0.5) is 0 Å². The molecule has 8 nitrogen and oxygen atoms in total. The van der Waals surface area contributed by atoms with Gasteiger partial charge in [0.05, 0.1) is 18.2 Å². The Morgan fingerprint density at radius 1 is 1.26 bits per heavy atom. The van der Waals surface area contributed by atoms with Crippen molar-refractivity contribution in [2.24, 2.45) is 0 Å². The minimum Gasteiger partial charge on any atom is -0.477 e. The van der Waals surface area contributed by atoms with Gasteiger partial charge in [-0.3, -0.25) is 14.3 Å². The van der Waals surface area contributed by atoms with Crippen molar-refractivity contribution < 1.29 is 14.6 Å². The van der Waals surface area contributed by atoms with E-state index < -0.39 is 17.2 Å². The molecule has 2 aliphatic rings. The van der Waals surface area contributed by atoms with Crippen LogP contribution >= 0.6 is 0 Å². The molecule has 2 saturated heterocycles. The van der Waals surface area contributed by atoms with Crippen LogP contribution in [0.2, 0.25) is 0 Å². The fourth-order valence-corrected chi connectivity index (χ4v) is 3.26. The summed E-state index contributed by atoms with van der Waals surface area (Å²) in [5.41, 5.74) is -1.35. The summed E-state index contributed by atoms with van der Waals surface area (Å²) < 4.78 is 6.56. The molecule has 2 N–H and O–H groups in total. The molecule has 0 bridgehead atoms. The van der Waals surface area contributed by atoms with Crippen molar-refractivity contribution in [1.82, 2.24) is 14.5 Å². The van der Waals surface area contributed by atoms with Crippen molar-refractivity contribution in [3.05, 3.63) is 32.1 Å². The number of nitrogens with one attached hydrogen (secondary N) is 1. The number of rotatable bonds is 5. The molecular weight excluding hydrogens is 302 g/mol. The third-order valence-corrected chi connectivity index (χ3v) is 4.49. The molecule has 2 aliphatic heterocycles. The zero-order valence-corrected chi connectivity index (χ0v) is 12.9. The molecule has 23 heavy (non-hydrogen) atoms. The highest BCUT2D eigenvalue weighted by Gasteiger charge is 2.24. The topological polar surface area (TPSA) is 105 Å². The Hall–Kier alpha value is -1.93. The molecule has 1 aromatic rings. The van der Waals surface area contributed by atoms with Gasteiger partial charge in [-0.15, -0.1) is 0 Å². The molecule has 0 radical (unpaired) electrons. The third kappa shape index (κ3) is 3.37. The minimum atomic E-state index is -1.28.